The third kappa shape index (κ3) is 3.32. The molecule has 0 aliphatic rings. The number of carbonyl (C=O) groups is 1. The summed E-state index contributed by atoms with van der Waals surface area (Å²) in [4.78, 5) is 12.1. The Kier molecular flexibility index (Phi) is 4.53. The Hall–Kier alpha value is -1.87. The molecule has 94 valence electrons. The summed E-state index contributed by atoms with van der Waals surface area (Å²) in [5, 5.41) is 11.9. The molecule has 1 N–H and O–H groups in total. The van der Waals surface area contributed by atoms with Crippen LogP contribution in [0.15, 0.2) is 54.6 Å². The lowest BCUT2D eigenvalue weighted by Gasteiger charge is -2.12. The molecular formula is C15H11IN2O. The minimum absolute atomic E-state index is 0.236. The number of hydrogen-bond acceptors (Lipinski definition) is 2. The van der Waals surface area contributed by atoms with Gasteiger partial charge in [-0.3, -0.25) is 4.79 Å². The van der Waals surface area contributed by atoms with E-state index in [1.165, 1.54) is 0 Å². The molecule has 3 nitrogen and oxygen atoms in total. The minimum Gasteiger partial charge on any atom is -0.332 e. The van der Waals surface area contributed by atoms with Gasteiger partial charge in [0.15, 0.2) is 0 Å². The van der Waals surface area contributed by atoms with Crippen LogP contribution in [0.1, 0.15) is 22.0 Å². The summed E-state index contributed by atoms with van der Waals surface area (Å²) in [6.07, 6.45) is 0. The van der Waals surface area contributed by atoms with Crippen molar-refractivity contribution in [2.45, 2.75) is 6.04 Å². The zero-order chi connectivity index (χ0) is 13.7. The summed E-state index contributed by atoms with van der Waals surface area (Å²) in [6, 6.07) is 18.0. The Labute approximate surface area is 125 Å². The van der Waals surface area contributed by atoms with E-state index >= 15 is 0 Å². The lowest BCUT2D eigenvalue weighted by Crippen LogP contribution is -2.28. The molecule has 1 unspecified atom stereocenters. The maximum atomic E-state index is 12.1. The van der Waals surface area contributed by atoms with E-state index in [-0.39, 0.29) is 5.91 Å². The van der Waals surface area contributed by atoms with Gasteiger partial charge >= 0.3 is 0 Å². The van der Waals surface area contributed by atoms with Crippen LogP contribution in [0.3, 0.4) is 0 Å². The highest BCUT2D eigenvalue weighted by Crippen LogP contribution is 2.15. The summed E-state index contributed by atoms with van der Waals surface area (Å²) in [7, 11) is 0. The Morgan fingerprint density at radius 3 is 2.37 bits per heavy atom. The SMILES string of the molecule is N#CC(NC(=O)c1ccccc1I)c1ccccc1. The molecule has 0 heterocycles. The van der Waals surface area contributed by atoms with E-state index in [4.69, 9.17) is 0 Å². The van der Waals surface area contributed by atoms with E-state index < -0.39 is 6.04 Å². The number of rotatable bonds is 3. The van der Waals surface area contributed by atoms with Crippen molar-refractivity contribution >= 4 is 28.5 Å². The van der Waals surface area contributed by atoms with Crippen LogP contribution in [0.25, 0.3) is 0 Å². The molecule has 2 aromatic carbocycles. The molecule has 0 saturated heterocycles. The maximum Gasteiger partial charge on any atom is 0.253 e. The minimum atomic E-state index is -0.635. The van der Waals surface area contributed by atoms with Crippen molar-refractivity contribution in [3.8, 4) is 6.07 Å². The first-order valence-corrected chi connectivity index (χ1v) is 6.80. The molecule has 19 heavy (non-hydrogen) atoms. The van der Waals surface area contributed by atoms with Crippen molar-refractivity contribution in [2.75, 3.05) is 0 Å². The van der Waals surface area contributed by atoms with E-state index in [1.54, 1.807) is 12.1 Å². The number of nitrogens with one attached hydrogen (secondary N) is 1. The molecule has 4 heteroatoms. The second-order valence-electron chi connectivity index (χ2n) is 3.93. The van der Waals surface area contributed by atoms with E-state index in [0.29, 0.717) is 5.56 Å². The van der Waals surface area contributed by atoms with Gasteiger partial charge in [-0.15, -0.1) is 0 Å². The van der Waals surface area contributed by atoms with E-state index in [0.717, 1.165) is 9.13 Å². The second kappa shape index (κ2) is 6.34. The van der Waals surface area contributed by atoms with Crippen LogP contribution < -0.4 is 5.32 Å². The molecule has 0 aliphatic carbocycles. The quantitative estimate of drug-likeness (QED) is 0.852. The van der Waals surface area contributed by atoms with Crippen molar-refractivity contribution in [3.05, 3.63) is 69.3 Å². The average molecular weight is 362 g/mol. The van der Waals surface area contributed by atoms with Crippen molar-refractivity contribution in [1.29, 1.82) is 5.26 Å². The van der Waals surface area contributed by atoms with Gasteiger partial charge in [0.2, 0.25) is 0 Å². The van der Waals surface area contributed by atoms with E-state index in [9.17, 15) is 10.1 Å². The lowest BCUT2D eigenvalue weighted by atomic mass is 10.1. The standard InChI is InChI=1S/C15H11IN2O/c16-13-9-5-4-8-12(13)15(19)18-14(10-17)11-6-2-1-3-7-11/h1-9,14H,(H,18,19). The summed E-state index contributed by atoms with van der Waals surface area (Å²) >= 11 is 2.11. The molecule has 2 aromatic rings. The van der Waals surface area contributed by atoms with Gasteiger partial charge in [-0.05, 0) is 40.3 Å². The van der Waals surface area contributed by atoms with Crippen molar-refractivity contribution < 1.29 is 4.79 Å². The van der Waals surface area contributed by atoms with Crippen LogP contribution in [0.2, 0.25) is 0 Å². The maximum absolute atomic E-state index is 12.1. The molecule has 0 radical (unpaired) electrons. The topological polar surface area (TPSA) is 52.9 Å². The molecule has 0 aliphatic heterocycles. The fourth-order valence-electron chi connectivity index (χ4n) is 1.69. The van der Waals surface area contributed by atoms with Crippen LogP contribution in [0.4, 0.5) is 0 Å². The largest absolute Gasteiger partial charge is 0.332 e. The van der Waals surface area contributed by atoms with Gasteiger partial charge in [0.25, 0.3) is 5.91 Å². The second-order valence-corrected chi connectivity index (χ2v) is 5.09. The van der Waals surface area contributed by atoms with Crippen molar-refractivity contribution in [3.63, 3.8) is 0 Å². The summed E-state index contributed by atoms with van der Waals surface area (Å²) < 4.78 is 0.863. The molecule has 0 bridgehead atoms. The van der Waals surface area contributed by atoms with E-state index in [2.05, 4.69) is 34.0 Å². The van der Waals surface area contributed by atoms with Gasteiger partial charge in [-0.25, -0.2) is 0 Å². The molecule has 1 atom stereocenters. The van der Waals surface area contributed by atoms with Crippen LogP contribution in [-0.4, -0.2) is 5.91 Å². The fourth-order valence-corrected chi connectivity index (χ4v) is 2.32. The van der Waals surface area contributed by atoms with Crippen LogP contribution in [-0.2, 0) is 0 Å². The molecule has 0 spiro atoms. The van der Waals surface area contributed by atoms with Crippen molar-refractivity contribution in [1.82, 2.24) is 5.32 Å². The lowest BCUT2D eigenvalue weighted by molar-refractivity contribution is 0.0944. The Morgan fingerprint density at radius 1 is 1.11 bits per heavy atom. The highest BCUT2D eigenvalue weighted by Gasteiger charge is 2.16. The van der Waals surface area contributed by atoms with Gasteiger partial charge in [0.1, 0.15) is 6.04 Å². The van der Waals surface area contributed by atoms with Gasteiger partial charge < -0.3 is 5.32 Å². The molecule has 1 amide bonds. The summed E-state index contributed by atoms with van der Waals surface area (Å²) in [5.74, 6) is -0.236. The summed E-state index contributed by atoms with van der Waals surface area (Å²) in [5.41, 5.74) is 1.36. The van der Waals surface area contributed by atoms with E-state index in [1.807, 2.05) is 42.5 Å². The zero-order valence-corrected chi connectivity index (χ0v) is 12.2. The normalized spacial score (nSPS) is 11.4. The number of hydrogen-bond donors (Lipinski definition) is 1. The Balaban J connectivity index is 2.19. The number of benzene rings is 2. The van der Waals surface area contributed by atoms with Crippen molar-refractivity contribution in [2.24, 2.45) is 0 Å². The number of carbonyl (C=O) groups excluding carboxylic acids is 1. The predicted octanol–water partition coefficient (Wildman–Crippen LogP) is 3.29. The highest BCUT2D eigenvalue weighted by atomic mass is 127. The van der Waals surface area contributed by atoms with Gasteiger partial charge in [0, 0.05) is 3.57 Å². The Morgan fingerprint density at radius 2 is 1.74 bits per heavy atom. The van der Waals surface area contributed by atoms with Crippen LogP contribution in [0, 0.1) is 14.9 Å². The molecular weight excluding hydrogens is 351 g/mol. The molecule has 0 aromatic heterocycles. The average Bonchev–Trinajstić information content (AvgIpc) is 2.46. The Bertz CT molecular complexity index is 620. The smallest absolute Gasteiger partial charge is 0.253 e. The molecule has 2 rings (SSSR count). The first-order valence-electron chi connectivity index (χ1n) is 5.72. The third-order valence-electron chi connectivity index (χ3n) is 2.66. The molecule has 0 fully saturated rings. The first-order chi connectivity index (χ1) is 9.22. The third-order valence-corrected chi connectivity index (χ3v) is 3.60. The van der Waals surface area contributed by atoms with Gasteiger partial charge in [-0.2, -0.15) is 5.26 Å². The number of nitriles is 1. The predicted molar refractivity (Wildman–Crippen MR) is 81.4 cm³/mol. The monoisotopic (exact) mass is 362 g/mol. The highest BCUT2D eigenvalue weighted by molar-refractivity contribution is 14.1. The first kappa shape index (κ1) is 13.6. The molecule has 0 saturated carbocycles. The van der Waals surface area contributed by atoms with Gasteiger partial charge in [-0.1, -0.05) is 42.5 Å². The van der Waals surface area contributed by atoms with Crippen LogP contribution >= 0.6 is 22.6 Å². The van der Waals surface area contributed by atoms with Gasteiger partial charge in [0.05, 0.1) is 11.6 Å². The number of nitrogens with zero attached hydrogens (tertiary/aromatic N) is 1. The number of halogens is 1. The summed E-state index contributed by atoms with van der Waals surface area (Å²) in [6.45, 7) is 0. The zero-order valence-electron chi connectivity index (χ0n) is 10.0. The van der Waals surface area contributed by atoms with Crippen LogP contribution in [0.5, 0.6) is 0 Å². The fraction of sp³-hybridized carbons (Fsp3) is 0.0667. The number of amides is 1.